The highest BCUT2D eigenvalue weighted by Gasteiger charge is 2.06. The van der Waals surface area contributed by atoms with Gasteiger partial charge in [0.25, 0.3) is 0 Å². The van der Waals surface area contributed by atoms with E-state index in [9.17, 15) is 4.57 Å². The van der Waals surface area contributed by atoms with Crippen molar-refractivity contribution < 1.29 is 9.09 Å². The molecule has 4 heteroatoms. The third-order valence-electron chi connectivity index (χ3n) is 1.68. The molecule has 0 bridgehead atoms. The van der Waals surface area contributed by atoms with Crippen LogP contribution in [0.4, 0.5) is 0 Å². The van der Waals surface area contributed by atoms with Gasteiger partial charge in [-0.25, -0.2) is 4.57 Å². The van der Waals surface area contributed by atoms with Gasteiger partial charge in [0.2, 0.25) is 0 Å². The summed E-state index contributed by atoms with van der Waals surface area (Å²) in [4.78, 5) is 0. The Bertz CT molecular complexity index is 101. The second-order valence-electron chi connectivity index (χ2n) is 2.73. The van der Waals surface area contributed by atoms with Crippen molar-refractivity contribution in [2.45, 2.75) is 52.1 Å². The lowest BCUT2D eigenvalue weighted by Crippen LogP contribution is -2.06. The zero-order valence-corrected chi connectivity index (χ0v) is 8.27. The minimum atomic E-state index is -0.170. The maximum Gasteiger partial charge on any atom is 0.327 e. The van der Waals surface area contributed by atoms with Gasteiger partial charge < -0.3 is 0 Å². The van der Waals surface area contributed by atoms with Crippen molar-refractivity contribution in [3.8, 4) is 0 Å². The molecule has 2 nitrogen and oxygen atoms in total. The van der Waals surface area contributed by atoms with Crippen LogP contribution in [0.15, 0.2) is 0 Å². The molecule has 0 aliphatic heterocycles. The van der Waals surface area contributed by atoms with Crippen LogP contribution in [0.5, 0.6) is 0 Å². The molecule has 0 fully saturated rings. The highest BCUT2D eigenvalue weighted by molar-refractivity contribution is 7.17. The molecule has 0 radical (unpaired) electrons. The van der Waals surface area contributed by atoms with Crippen molar-refractivity contribution in [2.75, 3.05) is 0 Å². The van der Waals surface area contributed by atoms with E-state index in [1.807, 2.05) is 0 Å². The van der Waals surface area contributed by atoms with Crippen molar-refractivity contribution in [3.63, 3.8) is 0 Å². The normalized spacial score (nSPS) is 12.5. The second kappa shape index (κ2) is 11.6. The van der Waals surface area contributed by atoms with Crippen molar-refractivity contribution in [1.29, 1.82) is 0 Å². The molecule has 1 unspecified atom stereocenters. The van der Waals surface area contributed by atoms with E-state index in [2.05, 4.69) is 13.8 Å². The van der Waals surface area contributed by atoms with Gasteiger partial charge in [-0.3, -0.25) is 4.52 Å². The highest BCUT2D eigenvalue weighted by atomic mass is 31.1. The Morgan fingerprint density at radius 1 is 1.25 bits per heavy atom. The van der Waals surface area contributed by atoms with E-state index in [1.54, 1.807) is 0 Å². The SMILES string of the molecule is CCCCC(CCC)OP=O.[AlH3]. The van der Waals surface area contributed by atoms with Gasteiger partial charge in [-0.15, -0.1) is 0 Å². The van der Waals surface area contributed by atoms with Crippen LogP contribution in [0.25, 0.3) is 0 Å². The minimum absolute atomic E-state index is 0. The zero-order valence-electron chi connectivity index (χ0n) is 7.38. The quantitative estimate of drug-likeness (QED) is 0.472. The van der Waals surface area contributed by atoms with E-state index in [0.29, 0.717) is 0 Å². The molecule has 0 spiro atoms. The summed E-state index contributed by atoms with van der Waals surface area (Å²) in [6.45, 7) is 4.27. The predicted molar refractivity (Wildman–Crippen MR) is 56.9 cm³/mol. The van der Waals surface area contributed by atoms with Crippen LogP contribution in [0.2, 0.25) is 0 Å². The van der Waals surface area contributed by atoms with Gasteiger partial charge in [0.1, 0.15) is 0 Å². The van der Waals surface area contributed by atoms with Gasteiger partial charge in [0.15, 0.2) is 17.4 Å². The minimum Gasteiger partial charge on any atom is -0.291 e. The number of hydrogen-bond donors (Lipinski definition) is 0. The summed E-state index contributed by atoms with van der Waals surface area (Å²) in [7, 11) is -0.170. The van der Waals surface area contributed by atoms with Gasteiger partial charge in [-0.2, -0.15) is 0 Å². The third-order valence-corrected chi connectivity index (χ3v) is 2.07. The van der Waals surface area contributed by atoms with E-state index in [0.717, 1.165) is 19.3 Å². The van der Waals surface area contributed by atoms with E-state index in [4.69, 9.17) is 4.52 Å². The molecular weight excluding hydrogens is 186 g/mol. The van der Waals surface area contributed by atoms with Gasteiger partial charge in [0, 0.05) is 0 Å². The summed E-state index contributed by atoms with van der Waals surface area (Å²) in [5.74, 6) is 0. The average molecular weight is 206 g/mol. The van der Waals surface area contributed by atoms with Gasteiger partial charge in [0.05, 0.1) is 6.10 Å². The van der Waals surface area contributed by atoms with Crippen LogP contribution in [-0.2, 0) is 9.09 Å². The second-order valence-corrected chi connectivity index (χ2v) is 3.09. The monoisotopic (exact) mass is 206 g/mol. The molecule has 0 saturated heterocycles. The van der Waals surface area contributed by atoms with Crippen molar-refractivity contribution in [3.05, 3.63) is 0 Å². The van der Waals surface area contributed by atoms with E-state index >= 15 is 0 Å². The Balaban J connectivity index is 0. The maximum atomic E-state index is 10.1. The summed E-state index contributed by atoms with van der Waals surface area (Å²) >= 11 is 0. The summed E-state index contributed by atoms with van der Waals surface area (Å²) in [5.41, 5.74) is 0. The molecule has 12 heavy (non-hydrogen) atoms. The molecule has 0 aromatic carbocycles. The van der Waals surface area contributed by atoms with Crippen LogP contribution < -0.4 is 0 Å². The Kier molecular flexibility index (Phi) is 14.6. The zero-order chi connectivity index (χ0) is 8.53. The molecule has 0 aromatic heterocycles. The smallest absolute Gasteiger partial charge is 0.291 e. The number of unbranched alkanes of at least 4 members (excludes halogenated alkanes) is 1. The molecule has 0 saturated carbocycles. The molecule has 0 aliphatic carbocycles. The molecule has 0 aromatic rings. The Morgan fingerprint density at radius 3 is 2.33 bits per heavy atom. The van der Waals surface area contributed by atoms with Crippen LogP contribution in [0.1, 0.15) is 46.0 Å². The molecule has 0 heterocycles. The maximum absolute atomic E-state index is 10.1. The first-order valence-corrected chi connectivity index (χ1v) is 5.06. The number of rotatable bonds is 7. The van der Waals surface area contributed by atoms with Crippen molar-refractivity contribution >= 4 is 26.0 Å². The van der Waals surface area contributed by atoms with E-state index < -0.39 is 0 Å². The fourth-order valence-electron chi connectivity index (χ4n) is 1.06. The van der Waals surface area contributed by atoms with Crippen LogP contribution >= 0.6 is 8.69 Å². The van der Waals surface area contributed by atoms with Crippen molar-refractivity contribution in [1.82, 2.24) is 0 Å². The molecule has 0 N–H and O–H groups in total. The van der Waals surface area contributed by atoms with Gasteiger partial charge in [-0.1, -0.05) is 33.1 Å². The lowest BCUT2D eigenvalue weighted by molar-refractivity contribution is 0.196. The highest BCUT2D eigenvalue weighted by Crippen LogP contribution is 2.15. The Hall–Kier alpha value is 0.592. The molecule has 72 valence electrons. The van der Waals surface area contributed by atoms with E-state index in [1.165, 1.54) is 12.8 Å². The lowest BCUT2D eigenvalue weighted by Gasteiger charge is -2.10. The summed E-state index contributed by atoms with van der Waals surface area (Å²) < 4.78 is 15.1. The van der Waals surface area contributed by atoms with E-state index in [-0.39, 0.29) is 32.2 Å². The Labute approximate surface area is 87.5 Å². The topological polar surface area (TPSA) is 26.3 Å². The van der Waals surface area contributed by atoms with Crippen LogP contribution in [-0.4, -0.2) is 23.5 Å². The van der Waals surface area contributed by atoms with Gasteiger partial charge in [-0.05, 0) is 12.8 Å². The Morgan fingerprint density at radius 2 is 1.92 bits per heavy atom. The summed E-state index contributed by atoms with van der Waals surface area (Å²) in [6.07, 6.45) is 5.72. The van der Waals surface area contributed by atoms with Gasteiger partial charge >= 0.3 is 8.69 Å². The first kappa shape index (κ1) is 15.1. The van der Waals surface area contributed by atoms with Crippen LogP contribution in [0, 0.1) is 0 Å². The first-order chi connectivity index (χ1) is 5.35. The molecule has 0 amide bonds. The van der Waals surface area contributed by atoms with Crippen molar-refractivity contribution in [2.24, 2.45) is 0 Å². The fourth-order valence-corrected chi connectivity index (χ4v) is 1.40. The average Bonchev–Trinajstić information content (AvgIpc) is 2.01. The molecule has 0 aliphatic rings. The first-order valence-electron chi connectivity index (χ1n) is 4.33. The predicted octanol–water partition coefficient (Wildman–Crippen LogP) is 2.38. The summed E-state index contributed by atoms with van der Waals surface area (Å²) in [5, 5.41) is 0. The largest absolute Gasteiger partial charge is 0.327 e. The number of hydrogen-bond acceptors (Lipinski definition) is 2. The molecule has 0 rings (SSSR count). The molecular formula is C8H20AlO2P. The molecule has 1 atom stereocenters. The fraction of sp³-hybridized carbons (Fsp3) is 1.00. The van der Waals surface area contributed by atoms with Crippen LogP contribution in [0.3, 0.4) is 0 Å². The third kappa shape index (κ3) is 8.69. The lowest BCUT2D eigenvalue weighted by atomic mass is 10.1. The summed E-state index contributed by atoms with van der Waals surface area (Å²) in [6, 6.07) is 0. The standard InChI is InChI=1S/C8H17O2P.Al.3H/c1-3-5-7-8(6-4-2)10-11-9;;;;/h8H,3-7H2,1-2H3;;;;.